The number of nitrogens with zero attached hydrogens (tertiary/aromatic N) is 1. The van der Waals surface area contributed by atoms with Gasteiger partial charge in [-0.1, -0.05) is 12.2 Å². The molecule has 0 aromatic heterocycles. The Bertz CT molecular complexity index is 328. The number of hydrogen-bond acceptors (Lipinski definition) is 3. The van der Waals surface area contributed by atoms with E-state index in [1.54, 1.807) is 0 Å². The Hall–Kier alpha value is -0.870. The van der Waals surface area contributed by atoms with Crippen molar-refractivity contribution in [2.45, 2.75) is 12.6 Å². The van der Waals surface area contributed by atoms with Crippen LogP contribution >= 0.6 is 0 Å². The summed E-state index contributed by atoms with van der Waals surface area (Å²) in [5.74, 6) is 0.757. The van der Waals surface area contributed by atoms with Gasteiger partial charge >= 0.3 is 0 Å². The number of carbonyl (C=O) groups is 1. The number of β-amino-alcohol motifs (C(OH)–C–C–N with tert-alkyl or cyclic N) is 1. The lowest BCUT2D eigenvalue weighted by molar-refractivity contribution is -0.137. The molecule has 3 rings (SSSR count). The molecule has 3 aliphatic rings. The first-order valence-electron chi connectivity index (χ1n) is 5.52. The fourth-order valence-electron chi connectivity index (χ4n) is 3.49. The summed E-state index contributed by atoms with van der Waals surface area (Å²) in [6, 6.07) is 0. The van der Waals surface area contributed by atoms with E-state index in [1.807, 2.05) is 0 Å². The number of fused-ring (bicyclic) bond motifs is 5. The molecule has 1 aliphatic heterocycles. The third kappa shape index (κ3) is 1.06. The van der Waals surface area contributed by atoms with Crippen LogP contribution < -0.4 is 0 Å². The molecule has 0 spiro atoms. The van der Waals surface area contributed by atoms with Crippen LogP contribution in [0.15, 0.2) is 12.2 Å². The van der Waals surface area contributed by atoms with E-state index >= 15 is 0 Å². The Morgan fingerprint density at radius 1 is 1.40 bits per heavy atom. The van der Waals surface area contributed by atoms with Gasteiger partial charge in [0.1, 0.15) is 6.23 Å². The fourth-order valence-corrected chi connectivity index (χ4v) is 3.49. The average Bonchev–Trinajstić information content (AvgIpc) is 2.87. The van der Waals surface area contributed by atoms with Crippen molar-refractivity contribution in [3.63, 3.8) is 0 Å². The molecule has 2 fully saturated rings. The van der Waals surface area contributed by atoms with Crippen LogP contribution in [-0.2, 0) is 4.79 Å². The number of carbonyl (C=O) groups excluding carboxylic acids is 1. The molecule has 15 heavy (non-hydrogen) atoms. The zero-order chi connectivity index (χ0) is 10.6. The van der Waals surface area contributed by atoms with Gasteiger partial charge < -0.3 is 15.1 Å². The third-order valence-electron chi connectivity index (χ3n) is 4.09. The summed E-state index contributed by atoms with van der Waals surface area (Å²) in [6.45, 7) is 0.178. The highest BCUT2D eigenvalue weighted by atomic mass is 16.3. The van der Waals surface area contributed by atoms with Crippen molar-refractivity contribution in [3.05, 3.63) is 12.2 Å². The largest absolute Gasteiger partial charge is 0.395 e. The zero-order valence-electron chi connectivity index (χ0n) is 8.41. The van der Waals surface area contributed by atoms with Crippen molar-refractivity contribution in [3.8, 4) is 0 Å². The van der Waals surface area contributed by atoms with E-state index in [1.165, 1.54) is 4.90 Å². The Morgan fingerprint density at radius 2 is 2.13 bits per heavy atom. The van der Waals surface area contributed by atoms with E-state index in [0.29, 0.717) is 11.8 Å². The van der Waals surface area contributed by atoms with Crippen molar-refractivity contribution in [2.75, 3.05) is 13.2 Å². The Kier molecular flexibility index (Phi) is 1.91. The predicted octanol–water partition coefficient (Wildman–Crippen LogP) is -0.422. The minimum atomic E-state index is -0.686. The molecule has 5 unspecified atom stereocenters. The molecule has 2 N–H and O–H groups in total. The van der Waals surface area contributed by atoms with Crippen LogP contribution in [0.3, 0.4) is 0 Å². The Morgan fingerprint density at radius 3 is 2.80 bits per heavy atom. The van der Waals surface area contributed by atoms with Gasteiger partial charge in [-0.05, 0) is 18.3 Å². The molecule has 2 aliphatic carbocycles. The van der Waals surface area contributed by atoms with E-state index in [9.17, 15) is 9.90 Å². The molecule has 0 aromatic carbocycles. The monoisotopic (exact) mass is 209 g/mol. The van der Waals surface area contributed by atoms with E-state index in [-0.39, 0.29) is 30.9 Å². The highest BCUT2D eigenvalue weighted by Crippen LogP contribution is 2.53. The molecule has 2 bridgehead atoms. The number of allylic oxidation sites excluding steroid dienone is 2. The smallest absolute Gasteiger partial charge is 0.228 e. The molecule has 4 nitrogen and oxygen atoms in total. The maximum atomic E-state index is 12.0. The molecule has 0 aromatic rings. The van der Waals surface area contributed by atoms with E-state index in [0.717, 1.165) is 6.42 Å². The van der Waals surface area contributed by atoms with E-state index in [2.05, 4.69) is 12.2 Å². The molecule has 0 radical (unpaired) electrons. The number of rotatable bonds is 2. The summed E-state index contributed by atoms with van der Waals surface area (Å²) in [6.07, 6.45) is 4.57. The van der Waals surface area contributed by atoms with Crippen molar-refractivity contribution in [2.24, 2.45) is 23.7 Å². The lowest BCUT2D eigenvalue weighted by atomic mass is 9.85. The fraction of sp³-hybridized carbons (Fsp3) is 0.727. The first kappa shape index (κ1) is 9.36. The van der Waals surface area contributed by atoms with Gasteiger partial charge in [0.15, 0.2) is 0 Å². The van der Waals surface area contributed by atoms with Gasteiger partial charge in [-0.15, -0.1) is 0 Å². The van der Waals surface area contributed by atoms with Crippen molar-refractivity contribution < 1.29 is 15.0 Å². The van der Waals surface area contributed by atoms with Crippen LogP contribution in [0.2, 0.25) is 0 Å². The lowest BCUT2D eigenvalue weighted by Gasteiger charge is -2.24. The van der Waals surface area contributed by atoms with Gasteiger partial charge in [-0.25, -0.2) is 0 Å². The SMILES string of the molecule is O=C1C2C3C=CC(C3)C2C(O)N1CCO. The van der Waals surface area contributed by atoms with Gasteiger partial charge in [0.25, 0.3) is 0 Å². The number of aliphatic hydroxyl groups is 2. The van der Waals surface area contributed by atoms with Crippen molar-refractivity contribution >= 4 is 5.91 Å². The zero-order valence-corrected chi connectivity index (χ0v) is 8.41. The van der Waals surface area contributed by atoms with E-state index in [4.69, 9.17) is 5.11 Å². The van der Waals surface area contributed by atoms with Crippen LogP contribution in [0.25, 0.3) is 0 Å². The molecule has 1 heterocycles. The topological polar surface area (TPSA) is 60.8 Å². The quantitative estimate of drug-likeness (QED) is 0.607. The van der Waals surface area contributed by atoms with Crippen LogP contribution in [0.5, 0.6) is 0 Å². The molecule has 1 saturated carbocycles. The second-order valence-electron chi connectivity index (χ2n) is 4.72. The predicted molar refractivity (Wildman–Crippen MR) is 52.5 cm³/mol. The number of likely N-dealkylation sites (tertiary alicyclic amines) is 1. The summed E-state index contributed by atoms with van der Waals surface area (Å²) in [5, 5.41) is 18.9. The Labute approximate surface area is 88.2 Å². The summed E-state index contributed by atoms with van der Waals surface area (Å²) < 4.78 is 0. The maximum Gasteiger partial charge on any atom is 0.228 e. The molecular weight excluding hydrogens is 194 g/mol. The van der Waals surface area contributed by atoms with Gasteiger partial charge in [-0.3, -0.25) is 4.79 Å². The maximum absolute atomic E-state index is 12.0. The third-order valence-corrected chi connectivity index (χ3v) is 4.09. The molecule has 4 heteroatoms. The highest BCUT2D eigenvalue weighted by Gasteiger charge is 2.58. The van der Waals surface area contributed by atoms with Crippen molar-refractivity contribution in [1.82, 2.24) is 4.90 Å². The highest BCUT2D eigenvalue weighted by molar-refractivity contribution is 5.83. The van der Waals surface area contributed by atoms with Crippen LogP contribution in [0.4, 0.5) is 0 Å². The average molecular weight is 209 g/mol. The molecule has 82 valence electrons. The number of hydrogen-bond donors (Lipinski definition) is 2. The molecule has 1 amide bonds. The lowest BCUT2D eigenvalue weighted by Crippen LogP contribution is -2.38. The van der Waals surface area contributed by atoms with Crippen LogP contribution in [0.1, 0.15) is 6.42 Å². The summed E-state index contributed by atoms with van der Waals surface area (Å²) in [4.78, 5) is 13.4. The van der Waals surface area contributed by atoms with Gasteiger partial charge in [-0.2, -0.15) is 0 Å². The van der Waals surface area contributed by atoms with Gasteiger partial charge in [0, 0.05) is 12.5 Å². The van der Waals surface area contributed by atoms with E-state index < -0.39 is 6.23 Å². The van der Waals surface area contributed by atoms with Crippen LogP contribution in [0, 0.1) is 23.7 Å². The molecule has 1 saturated heterocycles. The van der Waals surface area contributed by atoms with Crippen LogP contribution in [-0.4, -0.2) is 40.4 Å². The first-order chi connectivity index (χ1) is 7.24. The van der Waals surface area contributed by atoms with Gasteiger partial charge in [0.2, 0.25) is 5.91 Å². The van der Waals surface area contributed by atoms with Crippen molar-refractivity contribution in [1.29, 1.82) is 0 Å². The molecule has 5 atom stereocenters. The summed E-state index contributed by atoms with van der Waals surface area (Å²) in [5.41, 5.74) is 0. The molecular formula is C11H15NO3. The summed E-state index contributed by atoms with van der Waals surface area (Å²) >= 11 is 0. The standard InChI is InChI=1S/C11H15NO3/c13-4-3-12-10(14)8-6-1-2-7(5-6)9(8)11(12)15/h1-2,6-10,13-14H,3-5H2. The Balaban J connectivity index is 1.89. The normalized spacial score (nSPS) is 46.7. The first-order valence-corrected chi connectivity index (χ1v) is 5.52. The minimum absolute atomic E-state index is 0.0263. The second-order valence-corrected chi connectivity index (χ2v) is 4.72. The van der Waals surface area contributed by atoms with Gasteiger partial charge in [0.05, 0.1) is 12.5 Å². The second kappa shape index (κ2) is 3.06. The number of amides is 1. The number of aliphatic hydroxyl groups excluding tert-OH is 2. The summed E-state index contributed by atoms with van der Waals surface area (Å²) in [7, 11) is 0. The minimum Gasteiger partial charge on any atom is -0.395 e.